The van der Waals surface area contributed by atoms with E-state index in [1.54, 1.807) is 0 Å². The summed E-state index contributed by atoms with van der Waals surface area (Å²) in [6.45, 7) is 7.46. The van der Waals surface area contributed by atoms with Gasteiger partial charge in [0.1, 0.15) is 0 Å². The predicted octanol–water partition coefficient (Wildman–Crippen LogP) is 4.08. The van der Waals surface area contributed by atoms with Gasteiger partial charge in [0.05, 0.1) is 0 Å². The van der Waals surface area contributed by atoms with Crippen LogP contribution in [-0.4, -0.2) is 24.5 Å². The number of halogens is 2. The van der Waals surface area contributed by atoms with Gasteiger partial charge in [-0.15, -0.1) is 0 Å². The zero-order valence-electron chi connectivity index (χ0n) is 11.6. The van der Waals surface area contributed by atoms with Crippen LogP contribution in [0.3, 0.4) is 0 Å². The van der Waals surface area contributed by atoms with Crippen LogP contribution in [0.4, 0.5) is 0 Å². The van der Waals surface area contributed by atoms with E-state index < -0.39 is 0 Å². The third-order valence-electron chi connectivity index (χ3n) is 4.18. The van der Waals surface area contributed by atoms with E-state index in [0.717, 1.165) is 40.0 Å². The second kappa shape index (κ2) is 6.57. The molecule has 2 unspecified atom stereocenters. The highest BCUT2D eigenvalue weighted by molar-refractivity contribution is 9.10. The fraction of sp³-hybridized carbons (Fsp3) is 0.600. The molecule has 0 amide bonds. The van der Waals surface area contributed by atoms with Crippen LogP contribution in [0.25, 0.3) is 0 Å². The Morgan fingerprint density at radius 2 is 2.21 bits per heavy atom. The fourth-order valence-electron chi connectivity index (χ4n) is 2.89. The molecule has 0 spiro atoms. The van der Waals surface area contributed by atoms with Crippen LogP contribution < -0.4 is 5.73 Å². The van der Waals surface area contributed by atoms with Crippen LogP contribution in [0, 0.1) is 11.8 Å². The average Bonchev–Trinajstić information content (AvgIpc) is 2.84. The maximum atomic E-state index is 6.34. The van der Waals surface area contributed by atoms with Crippen LogP contribution in [0.2, 0.25) is 5.02 Å². The number of rotatable bonds is 4. The Bertz CT molecular complexity index is 436. The molecule has 19 heavy (non-hydrogen) atoms. The molecule has 1 fully saturated rings. The smallest absolute Gasteiger partial charge is 0.0485 e. The Balaban J connectivity index is 2.19. The Morgan fingerprint density at radius 1 is 1.47 bits per heavy atom. The summed E-state index contributed by atoms with van der Waals surface area (Å²) < 4.78 is 1.06. The summed E-state index contributed by atoms with van der Waals surface area (Å²) in [7, 11) is 0. The van der Waals surface area contributed by atoms with Crippen molar-refractivity contribution < 1.29 is 0 Å². The SMILES string of the molecule is CC(C)C1CCN(C(CN)c2cc(Br)ccc2Cl)C1. The van der Waals surface area contributed by atoms with Gasteiger partial charge in [-0.3, -0.25) is 4.90 Å². The number of benzene rings is 1. The van der Waals surface area contributed by atoms with E-state index in [-0.39, 0.29) is 6.04 Å². The molecule has 0 bridgehead atoms. The van der Waals surface area contributed by atoms with Crippen molar-refractivity contribution >= 4 is 27.5 Å². The molecule has 0 aromatic heterocycles. The van der Waals surface area contributed by atoms with E-state index in [2.05, 4.69) is 40.7 Å². The van der Waals surface area contributed by atoms with Gasteiger partial charge in [-0.25, -0.2) is 0 Å². The van der Waals surface area contributed by atoms with E-state index in [1.165, 1.54) is 6.42 Å². The lowest BCUT2D eigenvalue weighted by atomic mass is 9.95. The third kappa shape index (κ3) is 3.52. The van der Waals surface area contributed by atoms with Gasteiger partial charge in [-0.05, 0) is 48.6 Å². The Kier molecular flexibility index (Phi) is 5.29. The van der Waals surface area contributed by atoms with E-state index in [4.69, 9.17) is 17.3 Å². The van der Waals surface area contributed by atoms with E-state index in [1.807, 2.05) is 12.1 Å². The van der Waals surface area contributed by atoms with E-state index in [9.17, 15) is 0 Å². The second-order valence-electron chi connectivity index (χ2n) is 5.71. The number of nitrogens with zero attached hydrogens (tertiary/aromatic N) is 1. The van der Waals surface area contributed by atoms with Crippen molar-refractivity contribution in [1.82, 2.24) is 4.90 Å². The van der Waals surface area contributed by atoms with E-state index >= 15 is 0 Å². The quantitative estimate of drug-likeness (QED) is 0.891. The molecule has 2 N–H and O–H groups in total. The molecule has 4 heteroatoms. The molecule has 106 valence electrons. The first-order valence-corrected chi connectivity index (χ1v) is 8.09. The third-order valence-corrected chi connectivity index (χ3v) is 5.02. The number of hydrogen-bond acceptors (Lipinski definition) is 2. The van der Waals surface area contributed by atoms with Crippen molar-refractivity contribution in [2.75, 3.05) is 19.6 Å². The molecule has 1 aliphatic heterocycles. The normalized spacial score (nSPS) is 22.1. The van der Waals surface area contributed by atoms with Crippen LogP contribution in [0.1, 0.15) is 31.9 Å². The Labute approximate surface area is 129 Å². The van der Waals surface area contributed by atoms with Gasteiger partial charge < -0.3 is 5.73 Å². The summed E-state index contributed by atoms with van der Waals surface area (Å²) in [5.74, 6) is 1.52. The molecule has 0 saturated carbocycles. The second-order valence-corrected chi connectivity index (χ2v) is 7.03. The van der Waals surface area contributed by atoms with Gasteiger partial charge in [0, 0.05) is 28.6 Å². The monoisotopic (exact) mass is 344 g/mol. The molecule has 0 aliphatic carbocycles. The molecule has 0 radical (unpaired) electrons. The number of hydrogen-bond donors (Lipinski definition) is 1. The lowest BCUT2D eigenvalue weighted by molar-refractivity contribution is 0.232. The fourth-order valence-corrected chi connectivity index (χ4v) is 3.51. The zero-order chi connectivity index (χ0) is 14.0. The summed E-state index contributed by atoms with van der Waals surface area (Å²) in [4.78, 5) is 2.48. The van der Waals surface area contributed by atoms with Gasteiger partial charge in [0.2, 0.25) is 0 Å². The van der Waals surface area contributed by atoms with Crippen LogP contribution in [0.15, 0.2) is 22.7 Å². The summed E-state index contributed by atoms with van der Waals surface area (Å²) >= 11 is 9.86. The summed E-state index contributed by atoms with van der Waals surface area (Å²) in [6.07, 6.45) is 1.26. The summed E-state index contributed by atoms with van der Waals surface area (Å²) in [6, 6.07) is 6.25. The van der Waals surface area contributed by atoms with Gasteiger partial charge >= 0.3 is 0 Å². The summed E-state index contributed by atoms with van der Waals surface area (Å²) in [5.41, 5.74) is 7.15. The van der Waals surface area contributed by atoms with Crippen molar-refractivity contribution in [3.8, 4) is 0 Å². The van der Waals surface area contributed by atoms with Gasteiger partial charge in [-0.2, -0.15) is 0 Å². The predicted molar refractivity (Wildman–Crippen MR) is 85.5 cm³/mol. The first-order valence-electron chi connectivity index (χ1n) is 6.92. The van der Waals surface area contributed by atoms with Crippen molar-refractivity contribution in [3.05, 3.63) is 33.3 Å². The molecule has 1 aromatic rings. The maximum Gasteiger partial charge on any atom is 0.0485 e. The minimum Gasteiger partial charge on any atom is -0.329 e. The molecule has 1 aliphatic rings. The molecule has 2 atom stereocenters. The molecule has 2 nitrogen and oxygen atoms in total. The molecular formula is C15H22BrClN2. The number of likely N-dealkylation sites (tertiary alicyclic amines) is 1. The Morgan fingerprint density at radius 3 is 2.79 bits per heavy atom. The van der Waals surface area contributed by atoms with E-state index in [0.29, 0.717) is 6.54 Å². The largest absolute Gasteiger partial charge is 0.329 e. The minimum atomic E-state index is 0.230. The topological polar surface area (TPSA) is 29.3 Å². The average molecular weight is 346 g/mol. The van der Waals surface area contributed by atoms with Crippen LogP contribution in [-0.2, 0) is 0 Å². The van der Waals surface area contributed by atoms with Crippen LogP contribution in [0.5, 0.6) is 0 Å². The molecule has 1 aromatic carbocycles. The maximum absolute atomic E-state index is 6.34. The minimum absolute atomic E-state index is 0.230. The lowest BCUT2D eigenvalue weighted by Crippen LogP contribution is -2.32. The van der Waals surface area contributed by atoms with Gasteiger partial charge in [0.25, 0.3) is 0 Å². The van der Waals surface area contributed by atoms with Gasteiger partial charge in [-0.1, -0.05) is 41.4 Å². The zero-order valence-corrected chi connectivity index (χ0v) is 13.9. The highest BCUT2D eigenvalue weighted by atomic mass is 79.9. The van der Waals surface area contributed by atoms with Crippen LogP contribution >= 0.6 is 27.5 Å². The highest BCUT2D eigenvalue weighted by Gasteiger charge is 2.30. The molecule has 1 saturated heterocycles. The van der Waals surface area contributed by atoms with Gasteiger partial charge in [0.15, 0.2) is 0 Å². The summed E-state index contributed by atoms with van der Waals surface area (Å²) in [5, 5.41) is 0.812. The first-order chi connectivity index (χ1) is 9.02. The number of nitrogens with two attached hydrogens (primary N) is 1. The highest BCUT2D eigenvalue weighted by Crippen LogP contribution is 2.34. The molecular weight excluding hydrogens is 324 g/mol. The van der Waals surface area contributed by atoms with Crippen molar-refractivity contribution in [1.29, 1.82) is 0 Å². The molecule has 2 rings (SSSR count). The molecule has 1 heterocycles. The Hall–Kier alpha value is -0.0900. The lowest BCUT2D eigenvalue weighted by Gasteiger charge is -2.28. The van der Waals surface area contributed by atoms with Crippen molar-refractivity contribution in [3.63, 3.8) is 0 Å². The standard InChI is InChI=1S/C15H22BrClN2/c1-10(2)11-5-6-19(9-11)15(8-18)13-7-12(16)3-4-14(13)17/h3-4,7,10-11,15H,5-6,8-9,18H2,1-2H3. The van der Waals surface area contributed by atoms with Crippen molar-refractivity contribution in [2.45, 2.75) is 26.3 Å². The van der Waals surface area contributed by atoms with Crippen molar-refractivity contribution in [2.24, 2.45) is 17.6 Å². The first kappa shape index (κ1) is 15.3.